The summed E-state index contributed by atoms with van der Waals surface area (Å²) in [4.78, 5) is 31.0. The summed E-state index contributed by atoms with van der Waals surface area (Å²) in [5.74, 6) is -0.188. The van der Waals surface area contributed by atoms with E-state index in [1.807, 2.05) is 36.4 Å². The molecule has 2 aromatic heterocycles. The van der Waals surface area contributed by atoms with Gasteiger partial charge in [0.05, 0.1) is 5.39 Å². The summed E-state index contributed by atoms with van der Waals surface area (Å²) in [6.07, 6.45) is 1.48. The molecular weight excluding hydrogens is 358 g/mol. The van der Waals surface area contributed by atoms with Crippen LogP contribution in [0.15, 0.2) is 71.7 Å². The van der Waals surface area contributed by atoms with Gasteiger partial charge in [-0.1, -0.05) is 24.3 Å². The van der Waals surface area contributed by atoms with E-state index in [-0.39, 0.29) is 5.65 Å². The number of nitrogens with two attached hydrogens (primary N) is 1. The Morgan fingerprint density at radius 2 is 1.82 bits per heavy atom. The lowest BCUT2D eigenvalue weighted by atomic mass is 10.0. The molecule has 0 radical (unpaired) electrons. The van der Waals surface area contributed by atoms with Gasteiger partial charge in [0.1, 0.15) is 5.82 Å². The van der Waals surface area contributed by atoms with E-state index >= 15 is 0 Å². The highest BCUT2D eigenvalue weighted by molar-refractivity contribution is 5.93. The number of fused-ring (bicyclic) bond motifs is 1. The lowest BCUT2D eigenvalue weighted by Gasteiger charge is -2.11. The smallest absolute Gasteiger partial charge is 0.384 e. The van der Waals surface area contributed by atoms with Crippen LogP contribution >= 0.6 is 0 Å². The Kier molecular flexibility index (Phi) is 4.21. The number of amides is 1. The molecule has 8 nitrogen and oxygen atoms in total. The van der Waals surface area contributed by atoms with Crippen molar-refractivity contribution in [3.8, 4) is 11.1 Å². The molecule has 4 rings (SSSR count). The second kappa shape index (κ2) is 6.84. The molecule has 0 unspecified atom stereocenters. The first-order valence-electron chi connectivity index (χ1n) is 8.37. The Morgan fingerprint density at radius 1 is 1.04 bits per heavy atom. The minimum atomic E-state index is -0.827. The largest absolute Gasteiger partial charge is 0.422 e. The number of carbonyl (C=O) groups excluding carboxylic acids is 1. The molecular formula is C20H15N5O3. The maximum Gasteiger partial charge on any atom is 0.384 e. The molecule has 8 heteroatoms. The Hall–Kier alpha value is -4.20. The average Bonchev–Trinajstić information content (AvgIpc) is 2.72. The van der Waals surface area contributed by atoms with E-state index in [1.54, 1.807) is 24.3 Å². The van der Waals surface area contributed by atoms with E-state index in [0.717, 1.165) is 11.1 Å². The van der Waals surface area contributed by atoms with Crippen LogP contribution in [0, 0.1) is 0 Å². The molecule has 0 bridgehead atoms. The van der Waals surface area contributed by atoms with Gasteiger partial charge in [-0.05, 0) is 47.5 Å². The van der Waals surface area contributed by atoms with Gasteiger partial charge >= 0.3 is 5.69 Å². The van der Waals surface area contributed by atoms with E-state index in [0.29, 0.717) is 27.2 Å². The molecule has 2 heterocycles. The number of benzene rings is 2. The van der Waals surface area contributed by atoms with E-state index in [4.69, 9.17) is 5.73 Å². The number of nitrogens with zero attached hydrogens (tertiary/aromatic N) is 3. The molecule has 0 aliphatic heterocycles. The fourth-order valence-corrected chi connectivity index (χ4v) is 2.88. The molecule has 0 aliphatic carbocycles. The SMILES string of the molecule is NC(=O)c1ccc(-c2cccc(Nc3nc(=O)n(O)c4ncccc34)c2)cc1. The predicted octanol–water partition coefficient (Wildman–Crippen LogP) is 2.54. The highest BCUT2D eigenvalue weighted by Gasteiger charge is 2.11. The summed E-state index contributed by atoms with van der Waals surface area (Å²) in [6, 6.07) is 17.8. The molecule has 0 atom stereocenters. The summed E-state index contributed by atoms with van der Waals surface area (Å²) in [5, 5.41) is 13.4. The summed E-state index contributed by atoms with van der Waals surface area (Å²) in [7, 11) is 0. The molecule has 1 amide bonds. The van der Waals surface area contributed by atoms with Crippen molar-refractivity contribution < 1.29 is 10.0 Å². The number of hydrogen-bond donors (Lipinski definition) is 3. The topological polar surface area (TPSA) is 123 Å². The quantitative estimate of drug-likeness (QED) is 0.472. The minimum absolute atomic E-state index is 0.114. The second-order valence-corrected chi connectivity index (χ2v) is 6.08. The third-order valence-electron chi connectivity index (χ3n) is 4.26. The van der Waals surface area contributed by atoms with Crippen molar-refractivity contribution in [2.24, 2.45) is 5.73 Å². The van der Waals surface area contributed by atoms with Crippen LogP contribution in [-0.2, 0) is 0 Å². The summed E-state index contributed by atoms with van der Waals surface area (Å²) < 4.78 is 0.414. The van der Waals surface area contributed by atoms with E-state index in [9.17, 15) is 14.8 Å². The number of anilines is 2. The fourth-order valence-electron chi connectivity index (χ4n) is 2.88. The third kappa shape index (κ3) is 3.14. The maximum absolute atomic E-state index is 11.9. The van der Waals surface area contributed by atoms with Gasteiger partial charge in [-0.3, -0.25) is 4.79 Å². The van der Waals surface area contributed by atoms with Crippen LogP contribution in [0.4, 0.5) is 11.5 Å². The van der Waals surface area contributed by atoms with Gasteiger partial charge in [0.15, 0.2) is 5.65 Å². The maximum atomic E-state index is 11.9. The van der Waals surface area contributed by atoms with Gasteiger partial charge in [0, 0.05) is 17.4 Å². The highest BCUT2D eigenvalue weighted by Crippen LogP contribution is 2.26. The zero-order valence-electron chi connectivity index (χ0n) is 14.5. The number of hydrogen-bond acceptors (Lipinski definition) is 6. The van der Waals surface area contributed by atoms with Gasteiger partial charge in [0.2, 0.25) is 5.91 Å². The van der Waals surface area contributed by atoms with Gasteiger partial charge in [0.25, 0.3) is 0 Å². The Labute approximate surface area is 158 Å². The van der Waals surface area contributed by atoms with Crippen molar-refractivity contribution >= 4 is 28.4 Å². The second-order valence-electron chi connectivity index (χ2n) is 6.08. The predicted molar refractivity (Wildman–Crippen MR) is 105 cm³/mol. The molecule has 0 spiro atoms. The van der Waals surface area contributed by atoms with Crippen LogP contribution in [0.5, 0.6) is 0 Å². The van der Waals surface area contributed by atoms with Crippen molar-refractivity contribution in [1.82, 2.24) is 14.7 Å². The fraction of sp³-hybridized carbons (Fsp3) is 0. The first-order chi connectivity index (χ1) is 13.5. The summed E-state index contributed by atoms with van der Waals surface area (Å²) >= 11 is 0. The molecule has 4 aromatic rings. The number of carbonyl (C=O) groups is 1. The third-order valence-corrected chi connectivity index (χ3v) is 4.26. The van der Waals surface area contributed by atoms with Gasteiger partial charge in [-0.25, -0.2) is 9.78 Å². The van der Waals surface area contributed by atoms with Crippen LogP contribution in [0.2, 0.25) is 0 Å². The molecule has 0 aliphatic rings. The number of nitrogens with one attached hydrogen (secondary N) is 1. The van der Waals surface area contributed by atoms with E-state index in [2.05, 4.69) is 15.3 Å². The molecule has 28 heavy (non-hydrogen) atoms. The Balaban J connectivity index is 1.72. The molecule has 2 aromatic carbocycles. The molecule has 0 fully saturated rings. The van der Waals surface area contributed by atoms with Crippen LogP contribution in [0.1, 0.15) is 10.4 Å². The van der Waals surface area contributed by atoms with Crippen molar-refractivity contribution in [3.63, 3.8) is 0 Å². The highest BCUT2D eigenvalue weighted by atomic mass is 16.5. The molecule has 0 saturated carbocycles. The first-order valence-corrected chi connectivity index (χ1v) is 8.37. The number of pyridine rings is 1. The average molecular weight is 373 g/mol. The van der Waals surface area contributed by atoms with Crippen LogP contribution < -0.4 is 16.7 Å². The van der Waals surface area contributed by atoms with E-state index < -0.39 is 11.6 Å². The van der Waals surface area contributed by atoms with Crippen LogP contribution in [0.25, 0.3) is 22.2 Å². The number of primary amides is 1. The summed E-state index contributed by atoms with van der Waals surface area (Å²) in [5.41, 5.74) is 7.50. The lowest BCUT2D eigenvalue weighted by Crippen LogP contribution is -2.23. The normalized spacial score (nSPS) is 10.7. The van der Waals surface area contributed by atoms with Crippen molar-refractivity contribution in [2.75, 3.05) is 5.32 Å². The number of rotatable bonds is 4. The van der Waals surface area contributed by atoms with Crippen LogP contribution in [-0.4, -0.2) is 25.8 Å². The van der Waals surface area contributed by atoms with E-state index in [1.165, 1.54) is 6.20 Å². The molecule has 4 N–H and O–H groups in total. The lowest BCUT2D eigenvalue weighted by molar-refractivity contribution is 0.100. The van der Waals surface area contributed by atoms with Gasteiger partial charge in [-0.2, -0.15) is 4.98 Å². The Morgan fingerprint density at radius 3 is 2.57 bits per heavy atom. The molecule has 0 saturated heterocycles. The van der Waals surface area contributed by atoms with Gasteiger partial charge < -0.3 is 16.3 Å². The standard InChI is InChI=1S/C20H15N5O3/c21-17(26)13-8-6-12(7-9-13)14-3-1-4-15(11-14)23-18-16-5-2-10-22-19(16)25(28)20(27)24-18/h1-11,28H,(H2,21,26)(H,23,24,27). The van der Waals surface area contributed by atoms with Crippen molar-refractivity contribution in [1.29, 1.82) is 0 Å². The minimum Gasteiger partial charge on any atom is -0.422 e. The first kappa shape index (κ1) is 17.2. The zero-order chi connectivity index (χ0) is 19.7. The van der Waals surface area contributed by atoms with Crippen molar-refractivity contribution in [3.05, 3.63) is 82.9 Å². The number of aromatic nitrogens is 3. The Bertz CT molecular complexity index is 1250. The zero-order valence-corrected chi connectivity index (χ0v) is 14.5. The van der Waals surface area contributed by atoms with Gasteiger partial charge in [-0.15, -0.1) is 4.73 Å². The molecule has 138 valence electrons. The van der Waals surface area contributed by atoms with Crippen LogP contribution in [0.3, 0.4) is 0 Å². The summed E-state index contributed by atoms with van der Waals surface area (Å²) in [6.45, 7) is 0. The van der Waals surface area contributed by atoms with Crippen molar-refractivity contribution in [2.45, 2.75) is 0 Å². The monoisotopic (exact) mass is 373 g/mol.